The molecule has 1 saturated carbocycles. The van der Waals surface area contributed by atoms with Gasteiger partial charge in [0.2, 0.25) is 0 Å². The van der Waals surface area contributed by atoms with Crippen LogP contribution in [0.4, 0.5) is 0 Å². The molecule has 1 atom stereocenters. The van der Waals surface area contributed by atoms with E-state index >= 15 is 0 Å². The van der Waals surface area contributed by atoms with Gasteiger partial charge in [0.15, 0.2) is 0 Å². The molecule has 0 spiro atoms. The van der Waals surface area contributed by atoms with Crippen LogP contribution >= 0.6 is 11.6 Å². The molecule has 0 aliphatic heterocycles. The Hall–Kier alpha value is -0.760. The van der Waals surface area contributed by atoms with Gasteiger partial charge < -0.3 is 4.74 Å². The minimum Gasteiger partial charge on any atom is -0.427 e. The van der Waals surface area contributed by atoms with E-state index in [-0.39, 0.29) is 11.3 Å². The second-order valence-corrected chi connectivity index (χ2v) is 6.15. The summed E-state index contributed by atoms with van der Waals surface area (Å²) in [5.74, 6) is 1.31. The maximum absolute atomic E-state index is 11.7. The molecule has 106 valence electrons. The van der Waals surface area contributed by atoms with Gasteiger partial charge in [0.1, 0.15) is 5.76 Å². The predicted molar refractivity (Wildman–Crippen MR) is 78.0 cm³/mol. The van der Waals surface area contributed by atoms with Crippen molar-refractivity contribution in [3.63, 3.8) is 0 Å². The first-order chi connectivity index (χ1) is 9.24. The predicted octanol–water partition coefficient (Wildman–Crippen LogP) is 4.73. The van der Waals surface area contributed by atoms with Gasteiger partial charge in [0, 0.05) is 6.42 Å². The monoisotopic (exact) mass is 282 g/mol. The van der Waals surface area contributed by atoms with Crippen LogP contribution in [0.1, 0.15) is 57.8 Å². The Morgan fingerprint density at radius 3 is 2.84 bits per heavy atom. The molecule has 0 amide bonds. The first-order valence-electron chi connectivity index (χ1n) is 7.47. The Kier molecular flexibility index (Phi) is 5.96. The average molecular weight is 283 g/mol. The van der Waals surface area contributed by atoms with Gasteiger partial charge in [-0.05, 0) is 37.3 Å². The number of hydrogen-bond acceptors (Lipinski definition) is 2. The van der Waals surface area contributed by atoms with Crippen molar-refractivity contribution in [2.75, 3.05) is 0 Å². The van der Waals surface area contributed by atoms with Gasteiger partial charge >= 0.3 is 5.97 Å². The summed E-state index contributed by atoms with van der Waals surface area (Å²) in [6.45, 7) is 0. The van der Waals surface area contributed by atoms with Crippen molar-refractivity contribution in [2.24, 2.45) is 5.92 Å². The Morgan fingerprint density at radius 2 is 2.11 bits per heavy atom. The van der Waals surface area contributed by atoms with Gasteiger partial charge in [-0.3, -0.25) is 4.79 Å². The van der Waals surface area contributed by atoms with Crippen molar-refractivity contribution in [1.29, 1.82) is 0 Å². The second-order valence-electron chi connectivity index (χ2n) is 5.59. The van der Waals surface area contributed by atoms with Crippen molar-refractivity contribution in [2.45, 2.75) is 63.2 Å². The standard InChI is InChI=1S/C16H23ClO2/c17-14-9-5-10-15(12-14)19-16(18)11-4-8-13-6-2-1-3-7-13/h5,10,12-14H,1-4,6-9,11H2. The van der Waals surface area contributed by atoms with Crippen LogP contribution in [0.2, 0.25) is 0 Å². The molecular formula is C16H23ClO2. The quantitative estimate of drug-likeness (QED) is 0.538. The van der Waals surface area contributed by atoms with Gasteiger partial charge in [-0.25, -0.2) is 0 Å². The van der Waals surface area contributed by atoms with Crippen LogP contribution in [0.15, 0.2) is 24.0 Å². The van der Waals surface area contributed by atoms with E-state index in [1.165, 1.54) is 38.5 Å². The highest BCUT2D eigenvalue weighted by molar-refractivity contribution is 6.22. The number of ether oxygens (including phenoxy) is 1. The molecule has 2 rings (SSSR count). The number of carbonyl (C=O) groups excluding carboxylic acids is 1. The fraction of sp³-hybridized carbons (Fsp3) is 0.688. The zero-order chi connectivity index (χ0) is 13.5. The number of hydrogen-bond donors (Lipinski definition) is 0. The molecule has 0 heterocycles. The number of halogens is 1. The minimum atomic E-state index is -0.127. The summed E-state index contributed by atoms with van der Waals surface area (Å²) in [6, 6.07) is 0. The molecule has 0 N–H and O–H groups in total. The van der Waals surface area contributed by atoms with Crippen molar-refractivity contribution in [1.82, 2.24) is 0 Å². The van der Waals surface area contributed by atoms with E-state index in [4.69, 9.17) is 16.3 Å². The molecule has 0 radical (unpaired) electrons. The van der Waals surface area contributed by atoms with Crippen LogP contribution < -0.4 is 0 Å². The third kappa shape index (κ3) is 5.40. The minimum absolute atomic E-state index is 0.0463. The molecule has 1 fully saturated rings. The first kappa shape index (κ1) is 14.6. The van der Waals surface area contributed by atoms with E-state index in [9.17, 15) is 4.79 Å². The highest BCUT2D eigenvalue weighted by atomic mass is 35.5. The van der Waals surface area contributed by atoms with E-state index in [1.807, 2.05) is 12.2 Å². The molecule has 19 heavy (non-hydrogen) atoms. The van der Waals surface area contributed by atoms with Crippen molar-refractivity contribution in [3.8, 4) is 0 Å². The third-order valence-corrected chi connectivity index (χ3v) is 4.24. The summed E-state index contributed by atoms with van der Waals surface area (Å²) in [6.07, 6.45) is 15.8. The molecule has 0 aromatic carbocycles. The summed E-state index contributed by atoms with van der Waals surface area (Å²) in [7, 11) is 0. The highest BCUT2D eigenvalue weighted by Crippen LogP contribution is 2.27. The lowest BCUT2D eigenvalue weighted by Gasteiger charge is -2.21. The second kappa shape index (κ2) is 7.74. The molecule has 2 aliphatic carbocycles. The van der Waals surface area contributed by atoms with Gasteiger partial charge in [0.05, 0.1) is 5.38 Å². The zero-order valence-electron chi connectivity index (χ0n) is 11.4. The number of carbonyl (C=O) groups is 1. The average Bonchev–Trinajstić information content (AvgIpc) is 2.40. The summed E-state index contributed by atoms with van der Waals surface area (Å²) in [5.41, 5.74) is 0. The van der Waals surface area contributed by atoms with Gasteiger partial charge in [-0.2, -0.15) is 0 Å². The molecule has 0 bridgehead atoms. The molecular weight excluding hydrogens is 260 g/mol. The molecule has 3 heteroatoms. The summed E-state index contributed by atoms with van der Waals surface area (Å²) in [5, 5.41) is -0.0463. The van der Waals surface area contributed by atoms with Crippen LogP contribution in [-0.4, -0.2) is 11.3 Å². The maximum Gasteiger partial charge on any atom is 0.311 e. The normalized spacial score (nSPS) is 24.1. The van der Waals surface area contributed by atoms with Gasteiger partial charge in [-0.15, -0.1) is 11.6 Å². The Balaban J connectivity index is 1.63. The van der Waals surface area contributed by atoms with Crippen molar-refractivity contribution < 1.29 is 9.53 Å². The summed E-state index contributed by atoms with van der Waals surface area (Å²) >= 11 is 5.98. The largest absolute Gasteiger partial charge is 0.427 e. The number of rotatable bonds is 5. The molecule has 2 nitrogen and oxygen atoms in total. The van der Waals surface area contributed by atoms with Gasteiger partial charge in [-0.1, -0.05) is 38.2 Å². The maximum atomic E-state index is 11.7. The van der Waals surface area contributed by atoms with E-state index < -0.39 is 0 Å². The SMILES string of the molecule is O=C(CCCC1CCCCC1)OC1=CC(Cl)CC=C1. The van der Waals surface area contributed by atoms with Crippen LogP contribution in [0.5, 0.6) is 0 Å². The number of esters is 1. The lowest BCUT2D eigenvalue weighted by atomic mass is 9.86. The number of allylic oxidation sites excluding steroid dienone is 3. The molecule has 0 aromatic rings. The van der Waals surface area contributed by atoms with E-state index in [2.05, 4.69) is 0 Å². The fourth-order valence-corrected chi connectivity index (χ4v) is 3.10. The third-order valence-electron chi connectivity index (χ3n) is 3.94. The highest BCUT2D eigenvalue weighted by Gasteiger charge is 2.15. The Morgan fingerprint density at radius 1 is 1.32 bits per heavy atom. The molecule has 0 aromatic heterocycles. The lowest BCUT2D eigenvalue weighted by Crippen LogP contribution is -2.09. The molecule has 2 aliphatic rings. The Labute approximate surface area is 120 Å². The fourth-order valence-electron chi connectivity index (χ4n) is 2.88. The van der Waals surface area contributed by atoms with Crippen molar-refractivity contribution in [3.05, 3.63) is 24.0 Å². The number of alkyl halides is 1. The topological polar surface area (TPSA) is 26.3 Å². The van der Waals surface area contributed by atoms with E-state index in [0.717, 1.165) is 18.8 Å². The van der Waals surface area contributed by atoms with E-state index in [0.29, 0.717) is 12.2 Å². The zero-order valence-corrected chi connectivity index (χ0v) is 12.2. The smallest absolute Gasteiger partial charge is 0.311 e. The van der Waals surface area contributed by atoms with Crippen LogP contribution in [0.25, 0.3) is 0 Å². The van der Waals surface area contributed by atoms with Crippen LogP contribution in [-0.2, 0) is 9.53 Å². The van der Waals surface area contributed by atoms with E-state index in [1.54, 1.807) is 6.08 Å². The molecule has 1 unspecified atom stereocenters. The van der Waals surface area contributed by atoms with Gasteiger partial charge in [0.25, 0.3) is 0 Å². The first-order valence-corrected chi connectivity index (χ1v) is 7.91. The Bertz CT molecular complexity index is 354. The molecule has 0 saturated heterocycles. The summed E-state index contributed by atoms with van der Waals surface area (Å²) < 4.78 is 5.30. The van der Waals surface area contributed by atoms with Crippen LogP contribution in [0, 0.1) is 5.92 Å². The van der Waals surface area contributed by atoms with Crippen LogP contribution in [0.3, 0.4) is 0 Å². The summed E-state index contributed by atoms with van der Waals surface area (Å²) in [4.78, 5) is 11.7. The lowest BCUT2D eigenvalue weighted by molar-refractivity contribution is -0.139. The van der Waals surface area contributed by atoms with Crippen molar-refractivity contribution >= 4 is 17.6 Å².